The molecule has 1 unspecified atom stereocenters. The van der Waals surface area contributed by atoms with Crippen LogP contribution in [0.5, 0.6) is 0 Å². The fraction of sp³-hybridized carbons (Fsp3) is 0.786. The van der Waals surface area contributed by atoms with E-state index in [-0.39, 0.29) is 11.5 Å². The molecule has 0 radical (unpaired) electrons. The summed E-state index contributed by atoms with van der Waals surface area (Å²) in [5.74, 6) is 5.93. The Bertz CT molecular complexity index is 429. The minimum absolute atomic E-state index is 0.128. The van der Waals surface area contributed by atoms with Crippen molar-refractivity contribution in [2.75, 3.05) is 13.7 Å². The second-order valence-corrected chi connectivity index (χ2v) is 6.47. The Balaban J connectivity index is 2.33. The molecule has 1 saturated carbocycles. The summed E-state index contributed by atoms with van der Waals surface area (Å²) in [6.07, 6.45) is 8.00. The molecule has 1 heterocycles. The van der Waals surface area contributed by atoms with Gasteiger partial charge in [0.15, 0.2) is 0 Å². The highest BCUT2D eigenvalue weighted by atomic mass is 79.9. The third-order valence-electron chi connectivity index (χ3n) is 4.70. The van der Waals surface area contributed by atoms with Crippen LogP contribution in [-0.2, 0) is 11.3 Å². The predicted octanol–water partition coefficient (Wildman–Crippen LogP) is 2.77. The number of ether oxygens (including phenoxy) is 1. The van der Waals surface area contributed by atoms with Crippen molar-refractivity contribution >= 4 is 15.9 Å². The van der Waals surface area contributed by atoms with E-state index in [0.29, 0.717) is 6.61 Å². The van der Waals surface area contributed by atoms with E-state index >= 15 is 0 Å². The molecule has 114 valence electrons. The molecule has 1 aromatic rings. The summed E-state index contributed by atoms with van der Waals surface area (Å²) in [5, 5.41) is 4.45. The van der Waals surface area contributed by atoms with Crippen molar-refractivity contribution < 1.29 is 4.74 Å². The first kappa shape index (κ1) is 15.9. The van der Waals surface area contributed by atoms with Crippen LogP contribution in [-0.4, -0.2) is 23.5 Å². The van der Waals surface area contributed by atoms with Gasteiger partial charge in [0.2, 0.25) is 0 Å². The fourth-order valence-corrected chi connectivity index (χ4v) is 4.01. The lowest BCUT2D eigenvalue weighted by Gasteiger charge is -2.37. The Morgan fingerprint density at radius 3 is 2.80 bits per heavy atom. The van der Waals surface area contributed by atoms with E-state index in [4.69, 9.17) is 10.6 Å². The van der Waals surface area contributed by atoms with E-state index in [0.717, 1.165) is 23.1 Å². The molecule has 5 nitrogen and oxygen atoms in total. The van der Waals surface area contributed by atoms with Gasteiger partial charge in [0.25, 0.3) is 0 Å². The zero-order valence-corrected chi connectivity index (χ0v) is 13.9. The summed E-state index contributed by atoms with van der Waals surface area (Å²) in [5.41, 5.74) is 4.45. The average molecular weight is 345 g/mol. The number of nitrogens with zero attached hydrogens (tertiary/aromatic N) is 2. The normalized spacial score (nSPS) is 19.4. The van der Waals surface area contributed by atoms with Gasteiger partial charge in [-0.15, -0.1) is 0 Å². The second kappa shape index (κ2) is 7.02. The Morgan fingerprint density at radius 2 is 2.25 bits per heavy atom. The van der Waals surface area contributed by atoms with E-state index < -0.39 is 0 Å². The molecule has 1 aliphatic carbocycles. The quantitative estimate of drug-likeness (QED) is 0.589. The highest BCUT2D eigenvalue weighted by Crippen LogP contribution is 2.50. The van der Waals surface area contributed by atoms with Gasteiger partial charge in [0.05, 0.1) is 35.6 Å². The van der Waals surface area contributed by atoms with Crippen LogP contribution in [0.4, 0.5) is 0 Å². The van der Waals surface area contributed by atoms with Crippen LogP contribution in [0.15, 0.2) is 10.7 Å². The third kappa shape index (κ3) is 2.93. The van der Waals surface area contributed by atoms with E-state index in [1.807, 2.05) is 10.9 Å². The van der Waals surface area contributed by atoms with Crippen molar-refractivity contribution in [1.29, 1.82) is 0 Å². The molecule has 0 amide bonds. The number of nitrogens with two attached hydrogens (primary N) is 1. The summed E-state index contributed by atoms with van der Waals surface area (Å²) in [6.45, 7) is 3.66. The van der Waals surface area contributed by atoms with E-state index in [2.05, 4.69) is 33.4 Å². The van der Waals surface area contributed by atoms with E-state index in [1.165, 1.54) is 25.7 Å². The minimum atomic E-state index is 0.128. The van der Waals surface area contributed by atoms with E-state index in [1.54, 1.807) is 7.11 Å². The van der Waals surface area contributed by atoms with Gasteiger partial charge in [-0.1, -0.05) is 19.8 Å². The van der Waals surface area contributed by atoms with Crippen molar-refractivity contribution in [3.63, 3.8) is 0 Å². The molecule has 0 aromatic carbocycles. The average Bonchev–Trinajstić information content (AvgIpc) is 3.07. The van der Waals surface area contributed by atoms with Gasteiger partial charge in [0.1, 0.15) is 0 Å². The van der Waals surface area contributed by atoms with E-state index in [9.17, 15) is 0 Å². The largest absolute Gasteiger partial charge is 0.383 e. The third-order valence-corrected chi connectivity index (χ3v) is 5.31. The molecule has 0 aliphatic heterocycles. The number of hydrogen-bond acceptors (Lipinski definition) is 4. The molecule has 0 saturated heterocycles. The predicted molar refractivity (Wildman–Crippen MR) is 83.1 cm³/mol. The number of rotatable bonds is 7. The maximum atomic E-state index is 5.93. The minimum Gasteiger partial charge on any atom is -0.383 e. The molecule has 2 rings (SSSR count). The summed E-state index contributed by atoms with van der Waals surface area (Å²) in [6, 6.07) is 0.128. The summed E-state index contributed by atoms with van der Waals surface area (Å²) < 4.78 is 8.20. The zero-order valence-electron chi connectivity index (χ0n) is 12.4. The van der Waals surface area contributed by atoms with Crippen molar-refractivity contribution in [1.82, 2.24) is 15.2 Å². The number of hydrogen-bond donors (Lipinski definition) is 2. The van der Waals surface area contributed by atoms with Gasteiger partial charge in [-0.25, -0.2) is 0 Å². The molecule has 6 heteroatoms. The van der Waals surface area contributed by atoms with Crippen LogP contribution < -0.4 is 11.3 Å². The van der Waals surface area contributed by atoms with Crippen LogP contribution >= 0.6 is 15.9 Å². The standard InChI is InChI=1S/C14H25BrN4O/c1-3-14(6-4-5-7-14)13(18-16)12-11(15)10-17-19(12)8-9-20-2/h10,13,18H,3-9,16H2,1-2H3. The van der Waals surface area contributed by atoms with Gasteiger partial charge in [-0.3, -0.25) is 16.0 Å². The topological polar surface area (TPSA) is 65.1 Å². The molecule has 1 atom stereocenters. The van der Waals surface area contributed by atoms with Crippen LogP contribution in [0.2, 0.25) is 0 Å². The SMILES string of the molecule is CCC1(C(NN)c2c(Br)cnn2CCOC)CCCC1. The van der Waals surface area contributed by atoms with Crippen molar-refractivity contribution in [2.24, 2.45) is 11.3 Å². The van der Waals surface area contributed by atoms with Crippen LogP contribution in [0.25, 0.3) is 0 Å². The number of aromatic nitrogens is 2. The van der Waals surface area contributed by atoms with Gasteiger partial charge >= 0.3 is 0 Å². The highest BCUT2D eigenvalue weighted by Gasteiger charge is 2.42. The Hall–Kier alpha value is -0.430. The van der Waals surface area contributed by atoms with Crippen LogP contribution in [0.3, 0.4) is 0 Å². The van der Waals surface area contributed by atoms with Gasteiger partial charge in [-0.2, -0.15) is 5.10 Å². The Labute approximate surface area is 129 Å². The first-order valence-electron chi connectivity index (χ1n) is 7.35. The van der Waals surface area contributed by atoms with Gasteiger partial charge in [0, 0.05) is 7.11 Å². The van der Waals surface area contributed by atoms with Crippen molar-refractivity contribution in [3.05, 3.63) is 16.4 Å². The van der Waals surface area contributed by atoms with Crippen molar-refractivity contribution in [2.45, 2.75) is 51.6 Å². The number of methoxy groups -OCH3 is 1. The lowest BCUT2D eigenvalue weighted by molar-refractivity contribution is 0.162. The van der Waals surface area contributed by atoms with Crippen LogP contribution in [0, 0.1) is 5.41 Å². The maximum Gasteiger partial charge on any atom is 0.0715 e. The monoisotopic (exact) mass is 344 g/mol. The summed E-state index contributed by atoms with van der Waals surface area (Å²) >= 11 is 3.63. The first-order chi connectivity index (χ1) is 9.68. The smallest absolute Gasteiger partial charge is 0.0715 e. The molecule has 1 aromatic heterocycles. The summed E-state index contributed by atoms with van der Waals surface area (Å²) in [7, 11) is 1.71. The highest BCUT2D eigenvalue weighted by molar-refractivity contribution is 9.10. The molecule has 1 fully saturated rings. The second-order valence-electron chi connectivity index (χ2n) is 5.62. The van der Waals surface area contributed by atoms with Crippen LogP contribution in [0.1, 0.15) is 50.8 Å². The molecule has 1 aliphatic rings. The number of halogens is 1. The Kier molecular flexibility index (Phi) is 5.60. The molecule has 3 N–H and O–H groups in total. The maximum absolute atomic E-state index is 5.93. The Morgan fingerprint density at radius 1 is 1.55 bits per heavy atom. The fourth-order valence-electron chi connectivity index (χ4n) is 3.49. The number of hydrazine groups is 1. The van der Waals surface area contributed by atoms with Crippen molar-refractivity contribution in [3.8, 4) is 0 Å². The molecular formula is C14H25BrN4O. The van der Waals surface area contributed by atoms with Gasteiger partial charge < -0.3 is 4.74 Å². The number of nitrogens with one attached hydrogen (secondary N) is 1. The van der Waals surface area contributed by atoms with Gasteiger partial charge in [-0.05, 0) is 40.6 Å². The lowest BCUT2D eigenvalue weighted by atomic mass is 9.75. The molecule has 0 bridgehead atoms. The summed E-state index contributed by atoms with van der Waals surface area (Å²) in [4.78, 5) is 0. The molecule has 20 heavy (non-hydrogen) atoms. The first-order valence-corrected chi connectivity index (χ1v) is 8.14. The zero-order chi connectivity index (χ0) is 14.6. The molecular weight excluding hydrogens is 320 g/mol. The lowest BCUT2D eigenvalue weighted by Crippen LogP contribution is -2.41. The molecule has 0 spiro atoms.